The van der Waals surface area contributed by atoms with Gasteiger partial charge in [-0.15, -0.1) is 0 Å². The van der Waals surface area contributed by atoms with Gasteiger partial charge in [-0.1, -0.05) is 6.07 Å². The number of aromatic nitrogens is 1. The smallest absolute Gasteiger partial charge is 0.323 e. The molecule has 1 N–H and O–H groups in total. The Balaban J connectivity index is 1.99. The van der Waals surface area contributed by atoms with Crippen molar-refractivity contribution in [3.63, 3.8) is 0 Å². The molecule has 0 bridgehead atoms. The minimum atomic E-state index is -0.832. The standard InChI is InChI=1S/C16H17N3O2/c1-16(15(20)21)6-4-8-19(16)11-12-10-18-7-3-2-5-14(18)13(12)9-17/h2-3,5,7,10H,4,6,8,11H2,1H3,(H,20,21). The monoisotopic (exact) mass is 283 g/mol. The van der Waals surface area contributed by atoms with Gasteiger partial charge >= 0.3 is 5.97 Å². The third kappa shape index (κ3) is 2.08. The lowest BCUT2D eigenvalue weighted by molar-refractivity contribution is -0.148. The van der Waals surface area contributed by atoms with Crippen LogP contribution in [0.5, 0.6) is 0 Å². The van der Waals surface area contributed by atoms with E-state index in [9.17, 15) is 15.2 Å². The van der Waals surface area contributed by atoms with Gasteiger partial charge in [0.05, 0.1) is 11.1 Å². The first-order valence-electron chi connectivity index (χ1n) is 7.03. The molecule has 1 aliphatic heterocycles. The molecular weight excluding hydrogens is 266 g/mol. The van der Waals surface area contributed by atoms with Crippen LogP contribution in [0.1, 0.15) is 30.9 Å². The number of hydrogen-bond donors (Lipinski definition) is 1. The van der Waals surface area contributed by atoms with Crippen molar-refractivity contribution in [1.29, 1.82) is 5.26 Å². The zero-order valence-electron chi connectivity index (χ0n) is 11.9. The maximum absolute atomic E-state index is 11.5. The minimum absolute atomic E-state index is 0.493. The number of carboxylic acid groups (broad SMARTS) is 1. The summed E-state index contributed by atoms with van der Waals surface area (Å²) in [5, 5.41) is 18.9. The Bertz CT molecular complexity index is 744. The van der Waals surface area contributed by atoms with Gasteiger partial charge in [-0.25, -0.2) is 0 Å². The lowest BCUT2D eigenvalue weighted by Crippen LogP contribution is -2.47. The molecule has 0 aliphatic carbocycles. The summed E-state index contributed by atoms with van der Waals surface area (Å²) in [6, 6.07) is 7.97. The maximum Gasteiger partial charge on any atom is 0.323 e. The van der Waals surface area contributed by atoms with Crippen molar-refractivity contribution < 1.29 is 9.90 Å². The van der Waals surface area contributed by atoms with Crippen molar-refractivity contribution in [2.24, 2.45) is 0 Å². The van der Waals surface area contributed by atoms with Crippen molar-refractivity contribution in [1.82, 2.24) is 9.30 Å². The van der Waals surface area contributed by atoms with Gasteiger partial charge in [0.15, 0.2) is 0 Å². The molecule has 3 heterocycles. The van der Waals surface area contributed by atoms with E-state index in [2.05, 4.69) is 6.07 Å². The number of likely N-dealkylation sites (tertiary alicyclic amines) is 1. The Labute approximate surface area is 123 Å². The largest absolute Gasteiger partial charge is 0.480 e. The molecule has 3 rings (SSSR count). The minimum Gasteiger partial charge on any atom is -0.480 e. The van der Waals surface area contributed by atoms with Crippen molar-refractivity contribution in [2.45, 2.75) is 31.8 Å². The highest BCUT2D eigenvalue weighted by Gasteiger charge is 2.43. The third-order valence-electron chi connectivity index (χ3n) is 4.49. The molecule has 0 saturated carbocycles. The van der Waals surface area contributed by atoms with Crippen LogP contribution in [0.2, 0.25) is 0 Å². The summed E-state index contributed by atoms with van der Waals surface area (Å²) in [4.78, 5) is 13.5. The topological polar surface area (TPSA) is 68.7 Å². The van der Waals surface area contributed by atoms with Crippen molar-refractivity contribution in [3.05, 3.63) is 41.7 Å². The highest BCUT2D eigenvalue weighted by atomic mass is 16.4. The van der Waals surface area contributed by atoms with Gasteiger partial charge in [0.2, 0.25) is 0 Å². The molecule has 0 amide bonds. The van der Waals surface area contributed by atoms with Gasteiger partial charge in [-0.3, -0.25) is 9.69 Å². The van der Waals surface area contributed by atoms with Crippen molar-refractivity contribution in [2.75, 3.05) is 6.54 Å². The highest BCUT2D eigenvalue weighted by Crippen LogP contribution is 2.32. The molecule has 0 radical (unpaired) electrons. The predicted octanol–water partition coefficient (Wildman–Crippen LogP) is 2.25. The van der Waals surface area contributed by atoms with Crippen LogP contribution in [0.4, 0.5) is 0 Å². The number of rotatable bonds is 3. The van der Waals surface area contributed by atoms with Gasteiger partial charge in [0.25, 0.3) is 0 Å². The molecule has 2 aromatic rings. The van der Waals surface area contributed by atoms with E-state index in [4.69, 9.17) is 0 Å². The Hall–Kier alpha value is -2.32. The summed E-state index contributed by atoms with van der Waals surface area (Å²) < 4.78 is 1.92. The van der Waals surface area contributed by atoms with Crippen LogP contribution in [0, 0.1) is 11.3 Å². The zero-order valence-corrected chi connectivity index (χ0v) is 11.9. The number of aliphatic carboxylic acids is 1. The Kier molecular flexibility index (Phi) is 3.19. The Morgan fingerprint density at radius 2 is 2.33 bits per heavy atom. The number of nitrogens with zero attached hydrogens (tertiary/aromatic N) is 3. The second-order valence-electron chi connectivity index (χ2n) is 5.74. The fourth-order valence-corrected chi connectivity index (χ4v) is 3.15. The van der Waals surface area contributed by atoms with Crippen LogP contribution in [-0.4, -0.2) is 32.5 Å². The number of carbonyl (C=O) groups is 1. The van der Waals surface area contributed by atoms with E-state index in [0.717, 1.165) is 24.0 Å². The van der Waals surface area contributed by atoms with Gasteiger partial charge < -0.3 is 9.51 Å². The average Bonchev–Trinajstić information content (AvgIpc) is 3.01. The maximum atomic E-state index is 11.5. The van der Waals surface area contributed by atoms with Crippen LogP contribution >= 0.6 is 0 Å². The summed E-state index contributed by atoms with van der Waals surface area (Å²) in [5.74, 6) is -0.790. The van der Waals surface area contributed by atoms with Gasteiger partial charge in [-0.05, 0) is 38.4 Å². The Morgan fingerprint density at radius 1 is 1.52 bits per heavy atom. The van der Waals surface area contributed by atoms with Crippen LogP contribution in [-0.2, 0) is 11.3 Å². The lowest BCUT2D eigenvalue weighted by Gasteiger charge is -2.30. The second kappa shape index (κ2) is 4.90. The summed E-state index contributed by atoms with van der Waals surface area (Å²) in [5.41, 5.74) is 1.56. The average molecular weight is 283 g/mol. The normalized spacial score (nSPS) is 22.5. The molecule has 1 unspecified atom stereocenters. The van der Waals surface area contributed by atoms with Gasteiger partial charge in [-0.2, -0.15) is 5.26 Å². The number of carboxylic acids is 1. The summed E-state index contributed by atoms with van der Waals surface area (Å²) in [6.45, 7) is 3.01. The fraction of sp³-hybridized carbons (Fsp3) is 0.375. The van der Waals surface area contributed by atoms with Crippen LogP contribution in [0.15, 0.2) is 30.6 Å². The van der Waals surface area contributed by atoms with E-state index in [1.165, 1.54) is 0 Å². The third-order valence-corrected chi connectivity index (χ3v) is 4.49. The van der Waals surface area contributed by atoms with Crippen molar-refractivity contribution in [3.8, 4) is 6.07 Å². The fourth-order valence-electron chi connectivity index (χ4n) is 3.15. The molecule has 0 spiro atoms. The van der Waals surface area contributed by atoms with Gasteiger partial charge in [0.1, 0.15) is 11.6 Å². The number of pyridine rings is 1. The first-order valence-corrected chi connectivity index (χ1v) is 7.03. The summed E-state index contributed by atoms with van der Waals surface area (Å²) in [6.07, 6.45) is 5.35. The molecule has 2 aromatic heterocycles. The SMILES string of the molecule is CC1(C(=O)O)CCCN1Cc1cn2ccccc2c1C#N. The molecule has 5 heteroatoms. The van der Waals surface area contributed by atoms with Crippen LogP contribution < -0.4 is 0 Å². The van der Waals surface area contributed by atoms with E-state index < -0.39 is 11.5 Å². The second-order valence-corrected chi connectivity index (χ2v) is 5.74. The lowest BCUT2D eigenvalue weighted by atomic mass is 9.98. The van der Waals surface area contributed by atoms with E-state index in [1.54, 1.807) is 6.92 Å². The van der Waals surface area contributed by atoms with E-state index >= 15 is 0 Å². The number of hydrogen-bond acceptors (Lipinski definition) is 3. The number of nitriles is 1. The van der Waals surface area contributed by atoms with E-state index in [-0.39, 0.29) is 0 Å². The predicted molar refractivity (Wildman–Crippen MR) is 77.8 cm³/mol. The zero-order chi connectivity index (χ0) is 15.0. The number of fused-ring (bicyclic) bond motifs is 1. The van der Waals surface area contributed by atoms with Crippen LogP contribution in [0.25, 0.3) is 5.52 Å². The van der Waals surface area contributed by atoms with E-state index in [1.807, 2.05) is 39.9 Å². The van der Waals surface area contributed by atoms with Crippen molar-refractivity contribution >= 4 is 11.5 Å². The molecule has 5 nitrogen and oxygen atoms in total. The molecule has 21 heavy (non-hydrogen) atoms. The molecule has 1 saturated heterocycles. The summed E-state index contributed by atoms with van der Waals surface area (Å²) in [7, 11) is 0. The molecule has 108 valence electrons. The summed E-state index contributed by atoms with van der Waals surface area (Å²) >= 11 is 0. The molecule has 0 aromatic carbocycles. The molecular formula is C16H17N3O2. The molecule has 1 aliphatic rings. The first kappa shape index (κ1) is 13.7. The van der Waals surface area contributed by atoms with Crippen LogP contribution in [0.3, 0.4) is 0 Å². The quantitative estimate of drug-likeness (QED) is 0.938. The molecule has 1 fully saturated rings. The van der Waals surface area contributed by atoms with Gasteiger partial charge in [0, 0.05) is 24.5 Å². The molecule has 1 atom stereocenters. The Morgan fingerprint density at radius 3 is 3.05 bits per heavy atom. The first-order chi connectivity index (χ1) is 10.1. The highest BCUT2D eigenvalue weighted by molar-refractivity contribution is 5.78. The van der Waals surface area contributed by atoms with E-state index in [0.29, 0.717) is 18.5 Å².